The van der Waals surface area contributed by atoms with E-state index in [0.29, 0.717) is 25.5 Å². The molecule has 1 unspecified atom stereocenters. The molecular formula is C16H14F2N4O3S. The Hall–Kier alpha value is -2.77. The van der Waals surface area contributed by atoms with E-state index in [1.165, 1.54) is 12.1 Å². The number of ether oxygens (including phenoxy) is 1. The van der Waals surface area contributed by atoms with Crippen LogP contribution in [0.5, 0.6) is 0 Å². The van der Waals surface area contributed by atoms with E-state index in [9.17, 15) is 17.2 Å². The summed E-state index contributed by atoms with van der Waals surface area (Å²) in [5.74, 6) is -1.71. The highest BCUT2D eigenvalue weighted by Gasteiger charge is 2.22. The average Bonchev–Trinajstić information content (AvgIpc) is 2.65. The number of halogens is 2. The monoisotopic (exact) mass is 380 g/mol. The van der Waals surface area contributed by atoms with E-state index in [2.05, 4.69) is 9.71 Å². The summed E-state index contributed by atoms with van der Waals surface area (Å²) >= 11 is 0. The smallest absolute Gasteiger partial charge is 0.263 e. The quantitative estimate of drug-likeness (QED) is 0.870. The first-order chi connectivity index (χ1) is 12.4. The van der Waals surface area contributed by atoms with E-state index in [0.717, 1.165) is 24.4 Å². The summed E-state index contributed by atoms with van der Waals surface area (Å²) in [4.78, 5) is 5.81. The van der Waals surface area contributed by atoms with Gasteiger partial charge in [0.05, 0.1) is 24.9 Å². The molecule has 136 valence electrons. The van der Waals surface area contributed by atoms with Gasteiger partial charge >= 0.3 is 0 Å². The zero-order valence-electron chi connectivity index (χ0n) is 13.4. The number of nitrogens with one attached hydrogen (secondary N) is 1. The SMILES string of the molecule is N#CC1CN(c2ccc(S(=O)(=O)Nc3ccc(F)c(F)c3)cn2)CCO1. The maximum absolute atomic E-state index is 13.2. The molecule has 7 nitrogen and oxygen atoms in total. The molecule has 2 heterocycles. The minimum Gasteiger partial charge on any atom is -0.360 e. The minimum absolute atomic E-state index is 0.0991. The van der Waals surface area contributed by atoms with Crippen molar-refractivity contribution in [2.24, 2.45) is 0 Å². The molecule has 2 aromatic rings. The van der Waals surface area contributed by atoms with E-state index in [4.69, 9.17) is 10.00 Å². The van der Waals surface area contributed by atoms with Crippen molar-refractivity contribution in [3.05, 3.63) is 48.2 Å². The van der Waals surface area contributed by atoms with Crippen molar-refractivity contribution in [3.8, 4) is 6.07 Å². The van der Waals surface area contributed by atoms with E-state index >= 15 is 0 Å². The third-order valence-corrected chi connectivity index (χ3v) is 5.10. The second-order valence-electron chi connectivity index (χ2n) is 5.52. The van der Waals surface area contributed by atoms with E-state index in [-0.39, 0.29) is 10.6 Å². The van der Waals surface area contributed by atoms with Crippen molar-refractivity contribution >= 4 is 21.5 Å². The van der Waals surface area contributed by atoms with Gasteiger partial charge in [-0.1, -0.05) is 0 Å². The van der Waals surface area contributed by atoms with Gasteiger partial charge in [0.15, 0.2) is 17.7 Å². The normalized spacial score (nSPS) is 17.6. The number of hydrogen-bond acceptors (Lipinski definition) is 6. The topological polar surface area (TPSA) is 95.3 Å². The van der Waals surface area contributed by atoms with E-state index in [1.54, 1.807) is 0 Å². The fourth-order valence-corrected chi connectivity index (χ4v) is 3.42. The van der Waals surface area contributed by atoms with Gasteiger partial charge in [-0.05, 0) is 24.3 Å². The molecule has 1 atom stereocenters. The molecule has 1 aromatic carbocycles. The molecule has 3 rings (SSSR count). The second-order valence-corrected chi connectivity index (χ2v) is 7.20. The van der Waals surface area contributed by atoms with Crippen molar-refractivity contribution in [3.63, 3.8) is 0 Å². The van der Waals surface area contributed by atoms with Gasteiger partial charge in [-0.15, -0.1) is 0 Å². The summed E-state index contributed by atoms with van der Waals surface area (Å²) in [5.41, 5.74) is -0.0991. The third kappa shape index (κ3) is 3.89. The number of anilines is 2. The van der Waals surface area contributed by atoms with Crippen LogP contribution in [0.4, 0.5) is 20.3 Å². The van der Waals surface area contributed by atoms with Gasteiger partial charge in [-0.3, -0.25) is 4.72 Å². The van der Waals surface area contributed by atoms with E-state index < -0.39 is 27.8 Å². The summed E-state index contributed by atoms with van der Waals surface area (Å²) in [6.07, 6.45) is 0.595. The molecule has 0 bridgehead atoms. The second kappa shape index (κ2) is 7.23. The number of rotatable bonds is 4. The van der Waals surface area contributed by atoms with Crippen LogP contribution in [-0.4, -0.2) is 39.2 Å². The van der Waals surface area contributed by atoms with Crippen LogP contribution in [0.3, 0.4) is 0 Å². The number of morpholine rings is 1. The molecule has 0 spiro atoms. The molecule has 0 radical (unpaired) electrons. The highest BCUT2D eigenvalue weighted by Crippen LogP contribution is 2.20. The Balaban J connectivity index is 1.76. The minimum atomic E-state index is -4.00. The molecule has 1 aliphatic rings. The molecule has 1 aromatic heterocycles. The highest BCUT2D eigenvalue weighted by molar-refractivity contribution is 7.92. The van der Waals surface area contributed by atoms with Gasteiger partial charge in [0.1, 0.15) is 10.7 Å². The van der Waals surface area contributed by atoms with Crippen LogP contribution in [0.2, 0.25) is 0 Å². The number of pyridine rings is 1. The Morgan fingerprint density at radius 1 is 1.27 bits per heavy atom. The number of benzene rings is 1. The Morgan fingerprint density at radius 2 is 2.08 bits per heavy atom. The Bertz CT molecular complexity index is 945. The third-order valence-electron chi connectivity index (χ3n) is 3.74. The zero-order valence-corrected chi connectivity index (χ0v) is 14.2. The van der Waals surface area contributed by atoms with E-state index in [1.807, 2.05) is 11.0 Å². The summed E-state index contributed by atoms with van der Waals surface area (Å²) < 4.78 is 58.2. The Labute approximate surface area is 148 Å². The lowest BCUT2D eigenvalue weighted by Crippen LogP contribution is -2.42. The van der Waals surface area contributed by atoms with Crippen LogP contribution >= 0.6 is 0 Å². The molecule has 0 aliphatic carbocycles. The first-order valence-electron chi connectivity index (χ1n) is 7.59. The molecule has 0 amide bonds. The lowest BCUT2D eigenvalue weighted by molar-refractivity contribution is 0.0761. The standard InChI is InChI=1S/C16H14F2N4O3S/c17-14-3-1-11(7-15(14)18)21-26(23,24)13-2-4-16(20-9-13)22-5-6-25-12(8-19)10-22/h1-4,7,9,12,21H,5-6,10H2. The van der Waals surface area contributed by atoms with Crippen molar-refractivity contribution in [2.75, 3.05) is 29.3 Å². The fourth-order valence-electron chi connectivity index (χ4n) is 2.43. The van der Waals surface area contributed by atoms with Crippen LogP contribution in [-0.2, 0) is 14.8 Å². The molecule has 0 saturated carbocycles. The number of nitriles is 1. The Morgan fingerprint density at radius 3 is 2.73 bits per heavy atom. The maximum atomic E-state index is 13.2. The van der Waals surface area contributed by atoms with Crippen molar-refractivity contribution < 1.29 is 21.9 Å². The molecular weight excluding hydrogens is 366 g/mol. The number of aromatic nitrogens is 1. The lowest BCUT2D eigenvalue weighted by Gasteiger charge is -2.30. The summed E-state index contributed by atoms with van der Waals surface area (Å²) in [6, 6.07) is 7.59. The maximum Gasteiger partial charge on any atom is 0.263 e. The first kappa shape index (κ1) is 18.0. The first-order valence-corrected chi connectivity index (χ1v) is 9.07. The molecule has 1 fully saturated rings. The largest absolute Gasteiger partial charge is 0.360 e. The molecule has 10 heteroatoms. The predicted molar refractivity (Wildman–Crippen MR) is 89.0 cm³/mol. The highest BCUT2D eigenvalue weighted by atomic mass is 32.2. The van der Waals surface area contributed by atoms with Gasteiger partial charge in [-0.25, -0.2) is 22.2 Å². The summed E-state index contributed by atoms with van der Waals surface area (Å²) in [7, 11) is -4.00. The van der Waals surface area contributed by atoms with Crippen LogP contribution < -0.4 is 9.62 Å². The molecule has 1 N–H and O–H groups in total. The predicted octanol–water partition coefficient (Wildman–Crippen LogP) is 1.89. The number of hydrogen-bond donors (Lipinski definition) is 1. The molecule has 26 heavy (non-hydrogen) atoms. The lowest BCUT2D eigenvalue weighted by atomic mass is 10.3. The van der Waals surface area contributed by atoms with Crippen LogP contribution in [0, 0.1) is 23.0 Å². The molecule has 1 saturated heterocycles. The van der Waals surface area contributed by atoms with Gasteiger partial charge in [-0.2, -0.15) is 5.26 Å². The van der Waals surface area contributed by atoms with Crippen LogP contribution in [0.1, 0.15) is 0 Å². The van der Waals surface area contributed by atoms with Crippen LogP contribution in [0.25, 0.3) is 0 Å². The van der Waals surface area contributed by atoms with Gasteiger partial charge in [0.25, 0.3) is 10.0 Å². The average molecular weight is 380 g/mol. The van der Waals surface area contributed by atoms with Gasteiger partial charge in [0, 0.05) is 18.8 Å². The van der Waals surface area contributed by atoms with Crippen molar-refractivity contribution in [1.29, 1.82) is 5.26 Å². The van der Waals surface area contributed by atoms with Crippen molar-refractivity contribution in [2.45, 2.75) is 11.0 Å². The van der Waals surface area contributed by atoms with Crippen LogP contribution in [0.15, 0.2) is 41.4 Å². The molecule has 1 aliphatic heterocycles. The van der Waals surface area contributed by atoms with Gasteiger partial charge < -0.3 is 9.64 Å². The fraction of sp³-hybridized carbons (Fsp3) is 0.250. The zero-order chi connectivity index (χ0) is 18.7. The van der Waals surface area contributed by atoms with Gasteiger partial charge in [0.2, 0.25) is 0 Å². The summed E-state index contributed by atoms with van der Waals surface area (Å²) in [5, 5.41) is 8.92. The number of nitrogens with zero attached hydrogens (tertiary/aromatic N) is 3. The number of sulfonamides is 1. The van der Waals surface area contributed by atoms with Crippen molar-refractivity contribution in [1.82, 2.24) is 4.98 Å². The summed E-state index contributed by atoms with van der Waals surface area (Å²) in [6.45, 7) is 1.24. The Kier molecular flexibility index (Phi) is 5.01.